The molecular formula is C25H35N5O6S. The summed E-state index contributed by atoms with van der Waals surface area (Å²) in [5, 5.41) is 15.4. The monoisotopic (exact) mass is 533 g/mol. The summed E-state index contributed by atoms with van der Waals surface area (Å²) >= 11 is 0. The maximum absolute atomic E-state index is 13.8. The third-order valence-electron chi connectivity index (χ3n) is 6.47. The lowest BCUT2D eigenvalue weighted by atomic mass is 9.91. The summed E-state index contributed by atoms with van der Waals surface area (Å²) in [4.78, 5) is 47.5. The van der Waals surface area contributed by atoms with Crippen molar-refractivity contribution in [1.29, 1.82) is 0 Å². The molecule has 11 nitrogen and oxygen atoms in total. The number of carbonyl (C=O) groups excluding carboxylic acids is 2. The number of hydrogen-bond donors (Lipinski definition) is 4. The van der Waals surface area contributed by atoms with Crippen LogP contribution in [-0.4, -0.2) is 82.9 Å². The molecular weight excluding hydrogens is 498 g/mol. The highest BCUT2D eigenvalue weighted by Gasteiger charge is 2.39. The molecule has 2 heterocycles. The van der Waals surface area contributed by atoms with Crippen molar-refractivity contribution in [2.45, 2.75) is 57.8 Å². The summed E-state index contributed by atoms with van der Waals surface area (Å²) in [7, 11) is -3.42. The Kier molecular flexibility index (Phi) is 9.44. The van der Waals surface area contributed by atoms with Gasteiger partial charge in [-0.1, -0.05) is 38.1 Å². The normalized spacial score (nSPS) is 17.2. The molecule has 1 aromatic carbocycles. The number of amides is 2. The molecule has 3 rings (SSSR count). The Morgan fingerprint density at radius 2 is 1.92 bits per heavy atom. The van der Waals surface area contributed by atoms with Gasteiger partial charge >= 0.3 is 5.97 Å². The van der Waals surface area contributed by atoms with E-state index in [0.717, 1.165) is 23.1 Å². The molecule has 0 spiro atoms. The molecule has 2 aromatic rings. The molecule has 1 unspecified atom stereocenters. The number of carboxylic acids is 1. The molecule has 3 atom stereocenters. The van der Waals surface area contributed by atoms with Crippen molar-refractivity contribution in [2.24, 2.45) is 5.92 Å². The molecule has 4 N–H and O–H groups in total. The number of fused-ring (bicyclic) bond motifs is 1. The first kappa shape index (κ1) is 28.3. The van der Waals surface area contributed by atoms with Crippen LogP contribution in [0.1, 0.15) is 37.1 Å². The minimum atomic E-state index is -3.42. The Balaban J connectivity index is 1.80. The van der Waals surface area contributed by atoms with Crippen LogP contribution in [0.15, 0.2) is 36.8 Å². The highest BCUT2D eigenvalue weighted by atomic mass is 32.2. The summed E-state index contributed by atoms with van der Waals surface area (Å²) < 4.78 is 23.1. The second-order valence-corrected chi connectivity index (χ2v) is 12.0. The topological polar surface area (TPSA) is 162 Å². The van der Waals surface area contributed by atoms with E-state index in [1.165, 1.54) is 4.90 Å². The molecule has 0 radical (unpaired) electrons. The van der Waals surface area contributed by atoms with Crippen LogP contribution in [0.2, 0.25) is 0 Å². The maximum Gasteiger partial charge on any atom is 0.326 e. The Morgan fingerprint density at radius 3 is 2.51 bits per heavy atom. The molecule has 0 fully saturated rings. The van der Waals surface area contributed by atoms with Gasteiger partial charge in [-0.05, 0) is 23.5 Å². The zero-order chi connectivity index (χ0) is 27.2. The molecule has 37 heavy (non-hydrogen) atoms. The molecule has 202 valence electrons. The summed E-state index contributed by atoms with van der Waals surface area (Å²) in [6, 6.07) is 4.64. The highest BCUT2D eigenvalue weighted by molar-refractivity contribution is 7.90. The second kappa shape index (κ2) is 12.3. The Labute approximate surface area is 217 Å². The maximum atomic E-state index is 13.8. The standard InChI is InChI=1S/C25H35N5O6S/c1-16(2)22(27-10-8-19-13-26-15-28-19)24(32)30-14-18-7-5-4-6-17(18)12-21(30)23(31)29-20(25(33)34)9-11-37(3,35)36/h4-7,13,15-16,20-22,27H,8-12,14H2,1-3H3,(H,26,28)(H,29,31)(H,33,34)/t20-,21?,22-/m0/s1. The Hall–Kier alpha value is -3.25. The molecule has 0 aliphatic carbocycles. The van der Waals surface area contributed by atoms with Gasteiger partial charge in [0.15, 0.2) is 0 Å². The number of imidazole rings is 1. The van der Waals surface area contributed by atoms with Crippen molar-refractivity contribution < 1.29 is 27.9 Å². The molecule has 12 heteroatoms. The van der Waals surface area contributed by atoms with Gasteiger partial charge in [0.25, 0.3) is 0 Å². The fourth-order valence-electron chi connectivity index (χ4n) is 4.42. The molecule has 1 aliphatic rings. The minimum absolute atomic E-state index is 0.0725. The summed E-state index contributed by atoms with van der Waals surface area (Å²) in [5.41, 5.74) is 2.76. The summed E-state index contributed by atoms with van der Waals surface area (Å²) in [5.74, 6) is -2.65. The lowest BCUT2D eigenvalue weighted by molar-refractivity contribution is -0.146. The predicted molar refractivity (Wildman–Crippen MR) is 137 cm³/mol. The van der Waals surface area contributed by atoms with Crippen molar-refractivity contribution in [2.75, 3.05) is 18.6 Å². The van der Waals surface area contributed by atoms with E-state index in [4.69, 9.17) is 0 Å². The first-order chi connectivity index (χ1) is 17.5. The molecule has 0 bridgehead atoms. The largest absolute Gasteiger partial charge is 0.480 e. The Morgan fingerprint density at radius 1 is 1.22 bits per heavy atom. The first-order valence-corrected chi connectivity index (χ1v) is 14.3. The number of nitrogens with one attached hydrogen (secondary N) is 3. The quantitative estimate of drug-likeness (QED) is 0.307. The van der Waals surface area contributed by atoms with E-state index in [9.17, 15) is 27.9 Å². The van der Waals surface area contributed by atoms with Crippen LogP contribution in [0.4, 0.5) is 0 Å². The average molecular weight is 534 g/mol. The molecule has 0 saturated carbocycles. The van der Waals surface area contributed by atoms with Crippen LogP contribution in [0.25, 0.3) is 0 Å². The van der Waals surface area contributed by atoms with Gasteiger partial charge in [0.1, 0.15) is 21.9 Å². The van der Waals surface area contributed by atoms with Crippen LogP contribution in [0, 0.1) is 5.92 Å². The number of carboxylic acid groups (broad SMARTS) is 1. The first-order valence-electron chi connectivity index (χ1n) is 12.2. The number of aromatic nitrogens is 2. The lowest BCUT2D eigenvalue weighted by Gasteiger charge is -2.39. The van der Waals surface area contributed by atoms with E-state index in [1.54, 1.807) is 12.5 Å². The molecule has 1 aliphatic heterocycles. The van der Waals surface area contributed by atoms with E-state index >= 15 is 0 Å². The second-order valence-electron chi connectivity index (χ2n) is 9.78. The SMILES string of the molecule is CC(C)[C@H](NCCc1cnc[nH]1)C(=O)N1Cc2ccccc2CC1C(=O)N[C@@H](CCS(C)(=O)=O)C(=O)O. The van der Waals surface area contributed by atoms with Gasteiger partial charge in [0, 0.05) is 44.1 Å². The van der Waals surface area contributed by atoms with Gasteiger partial charge in [-0.2, -0.15) is 0 Å². The average Bonchev–Trinajstić information content (AvgIpc) is 3.35. The predicted octanol–water partition coefficient (Wildman–Crippen LogP) is 0.524. The van der Waals surface area contributed by atoms with E-state index < -0.39 is 39.8 Å². The van der Waals surface area contributed by atoms with Crippen molar-refractivity contribution in [1.82, 2.24) is 25.5 Å². The van der Waals surface area contributed by atoms with E-state index in [1.807, 2.05) is 38.1 Å². The number of benzene rings is 1. The lowest BCUT2D eigenvalue weighted by Crippen LogP contribution is -2.59. The third kappa shape index (κ3) is 7.86. The van der Waals surface area contributed by atoms with Gasteiger partial charge in [0.05, 0.1) is 18.1 Å². The van der Waals surface area contributed by atoms with E-state index in [-0.39, 0.29) is 37.0 Å². The van der Waals surface area contributed by atoms with Gasteiger partial charge < -0.3 is 25.6 Å². The smallest absolute Gasteiger partial charge is 0.326 e. The number of nitrogens with zero attached hydrogens (tertiary/aromatic N) is 2. The van der Waals surface area contributed by atoms with Crippen molar-refractivity contribution >= 4 is 27.6 Å². The van der Waals surface area contributed by atoms with Gasteiger partial charge in [-0.15, -0.1) is 0 Å². The van der Waals surface area contributed by atoms with Gasteiger partial charge in [-0.3, -0.25) is 9.59 Å². The van der Waals surface area contributed by atoms with Crippen LogP contribution >= 0.6 is 0 Å². The van der Waals surface area contributed by atoms with Crippen molar-refractivity contribution in [3.05, 3.63) is 53.6 Å². The molecule has 1 aromatic heterocycles. The van der Waals surface area contributed by atoms with Crippen LogP contribution < -0.4 is 10.6 Å². The molecule has 0 saturated heterocycles. The fourth-order valence-corrected chi connectivity index (χ4v) is 5.08. The number of sulfone groups is 1. The fraction of sp³-hybridized carbons (Fsp3) is 0.520. The Bertz CT molecular complexity index is 1200. The number of H-pyrrole nitrogens is 1. The van der Waals surface area contributed by atoms with Crippen LogP contribution in [0.5, 0.6) is 0 Å². The minimum Gasteiger partial charge on any atom is -0.480 e. The van der Waals surface area contributed by atoms with Gasteiger partial charge in [0.2, 0.25) is 11.8 Å². The summed E-state index contributed by atoms with van der Waals surface area (Å²) in [6.45, 7) is 4.57. The zero-order valence-corrected chi connectivity index (χ0v) is 22.1. The van der Waals surface area contributed by atoms with Gasteiger partial charge in [-0.25, -0.2) is 18.2 Å². The van der Waals surface area contributed by atoms with Crippen LogP contribution in [-0.2, 0) is 43.6 Å². The number of carbonyl (C=O) groups is 3. The zero-order valence-electron chi connectivity index (χ0n) is 21.3. The van der Waals surface area contributed by atoms with E-state index in [2.05, 4.69) is 20.6 Å². The number of aliphatic carboxylic acids is 1. The molecule has 2 amide bonds. The van der Waals surface area contributed by atoms with E-state index in [0.29, 0.717) is 13.0 Å². The number of rotatable bonds is 12. The van der Waals surface area contributed by atoms with Crippen molar-refractivity contribution in [3.63, 3.8) is 0 Å². The number of hydrogen-bond acceptors (Lipinski definition) is 7. The number of aromatic amines is 1. The highest BCUT2D eigenvalue weighted by Crippen LogP contribution is 2.25. The van der Waals surface area contributed by atoms with Crippen LogP contribution in [0.3, 0.4) is 0 Å². The summed E-state index contributed by atoms with van der Waals surface area (Å²) in [6.07, 6.45) is 4.93. The van der Waals surface area contributed by atoms with Crippen molar-refractivity contribution in [3.8, 4) is 0 Å². The third-order valence-corrected chi connectivity index (χ3v) is 7.45.